The van der Waals surface area contributed by atoms with Crippen molar-refractivity contribution in [3.8, 4) is 11.5 Å². The van der Waals surface area contributed by atoms with Crippen LogP contribution in [0.25, 0.3) is 11.5 Å². The second kappa shape index (κ2) is 6.35. The lowest BCUT2D eigenvalue weighted by Gasteiger charge is -2.22. The van der Waals surface area contributed by atoms with Gasteiger partial charge in [0.25, 0.3) is 11.4 Å². The molecule has 3 heterocycles. The lowest BCUT2D eigenvalue weighted by molar-refractivity contribution is 0.0609. The maximum atomic E-state index is 12.4. The zero-order valence-corrected chi connectivity index (χ0v) is 11.7. The van der Waals surface area contributed by atoms with E-state index in [2.05, 4.69) is 10.2 Å². The molecule has 2 aromatic rings. The lowest BCUT2D eigenvalue weighted by atomic mass is 10.0. The molecule has 8 heteroatoms. The number of halogens is 2. The topological polar surface area (TPSA) is 70.2 Å². The van der Waals surface area contributed by atoms with Crippen LogP contribution in [0.2, 0.25) is 0 Å². The molecule has 0 N–H and O–H groups in total. The van der Waals surface area contributed by atoms with Crippen molar-refractivity contribution in [1.82, 2.24) is 14.8 Å². The fraction of sp³-hybridized carbons (Fsp3) is 0.500. The van der Waals surface area contributed by atoms with E-state index in [-0.39, 0.29) is 11.4 Å². The van der Waals surface area contributed by atoms with Gasteiger partial charge in [-0.05, 0) is 24.8 Å². The van der Waals surface area contributed by atoms with Crippen molar-refractivity contribution in [3.05, 3.63) is 34.6 Å². The van der Waals surface area contributed by atoms with Gasteiger partial charge in [-0.1, -0.05) is 0 Å². The number of aromatic nitrogens is 3. The third-order valence-electron chi connectivity index (χ3n) is 3.67. The van der Waals surface area contributed by atoms with Crippen LogP contribution in [0.1, 0.15) is 25.2 Å². The summed E-state index contributed by atoms with van der Waals surface area (Å²) in [6.45, 7) is 2.06. The number of pyridine rings is 1. The van der Waals surface area contributed by atoms with Crippen molar-refractivity contribution in [1.29, 1.82) is 0 Å². The van der Waals surface area contributed by atoms with Crippen molar-refractivity contribution in [3.63, 3.8) is 0 Å². The molecule has 0 radical (unpaired) electrons. The minimum Gasteiger partial charge on any atom is -0.415 e. The Morgan fingerprint density at radius 1 is 1.32 bits per heavy atom. The Balaban J connectivity index is 1.77. The monoisotopic (exact) mass is 311 g/mol. The van der Waals surface area contributed by atoms with Crippen LogP contribution in [-0.4, -0.2) is 28.0 Å². The van der Waals surface area contributed by atoms with Crippen LogP contribution in [0.5, 0.6) is 0 Å². The standard InChI is InChI=1S/C14H15F2N3O3/c15-12(16)14-18-17-13(22-14)10-1-4-19(11(20)7-10)8-9-2-5-21-6-3-9/h1,4,7,9,12H,2-3,5-6,8H2. The predicted molar refractivity (Wildman–Crippen MR) is 72.5 cm³/mol. The Morgan fingerprint density at radius 3 is 2.73 bits per heavy atom. The maximum absolute atomic E-state index is 12.4. The Morgan fingerprint density at radius 2 is 2.09 bits per heavy atom. The fourth-order valence-electron chi connectivity index (χ4n) is 2.44. The van der Waals surface area contributed by atoms with E-state index in [1.165, 1.54) is 6.07 Å². The first-order valence-electron chi connectivity index (χ1n) is 7.03. The molecule has 0 saturated carbocycles. The summed E-state index contributed by atoms with van der Waals surface area (Å²) in [5, 5.41) is 6.78. The molecule has 0 spiro atoms. The number of alkyl halides is 2. The molecule has 0 unspecified atom stereocenters. The highest BCUT2D eigenvalue weighted by Gasteiger charge is 2.18. The number of hydrogen-bond donors (Lipinski definition) is 0. The molecule has 1 aliphatic heterocycles. The maximum Gasteiger partial charge on any atom is 0.314 e. The third-order valence-corrected chi connectivity index (χ3v) is 3.67. The molecule has 1 fully saturated rings. The van der Waals surface area contributed by atoms with E-state index in [9.17, 15) is 13.6 Å². The molecule has 118 valence electrons. The van der Waals surface area contributed by atoms with E-state index in [0.29, 0.717) is 18.0 Å². The quantitative estimate of drug-likeness (QED) is 0.866. The van der Waals surface area contributed by atoms with Gasteiger partial charge in [0.15, 0.2) is 0 Å². The van der Waals surface area contributed by atoms with Crippen LogP contribution in [0.3, 0.4) is 0 Å². The van der Waals surface area contributed by atoms with Gasteiger partial charge in [0.2, 0.25) is 5.89 Å². The third kappa shape index (κ3) is 3.22. The minimum absolute atomic E-state index is 0.0781. The van der Waals surface area contributed by atoms with Crippen molar-refractivity contribution in [2.45, 2.75) is 25.8 Å². The number of ether oxygens (including phenoxy) is 1. The van der Waals surface area contributed by atoms with E-state index in [4.69, 9.17) is 9.15 Å². The van der Waals surface area contributed by atoms with Gasteiger partial charge in [0.1, 0.15) is 0 Å². The zero-order chi connectivity index (χ0) is 15.5. The molecule has 3 rings (SSSR count). The van der Waals surface area contributed by atoms with E-state index in [1.807, 2.05) is 0 Å². The molecule has 0 atom stereocenters. The van der Waals surface area contributed by atoms with Gasteiger partial charge in [0, 0.05) is 37.6 Å². The molecule has 0 aromatic carbocycles. The zero-order valence-electron chi connectivity index (χ0n) is 11.7. The summed E-state index contributed by atoms with van der Waals surface area (Å²) in [6.07, 6.45) is 0.653. The van der Waals surface area contributed by atoms with E-state index < -0.39 is 12.3 Å². The van der Waals surface area contributed by atoms with Gasteiger partial charge in [-0.2, -0.15) is 8.78 Å². The average Bonchev–Trinajstić information content (AvgIpc) is 3.00. The summed E-state index contributed by atoms with van der Waals surface area (Å²) in [5.74, 6) is -0.418. The van der Waals surface area contributed by atoms with Crippen LogP contribution in [0.15, 0.2) is 27.5 Å². The summed E-state index contributed by atoms with van der Waals surface area (Å²) >= 11 is 0. The summed E-state index contributed by atoms with van der Waals surface area (Å²) in [6, 6.07) is 2.94. The molecule has 22 heavy (non-hydrogen) atoms. The second-order valence-corrected chi connectivity index (χ2v) is 5.21. The van der Waals surface area contributed by atoms with Crippen molar-refractivity contribution >= 4 is 0 Å². The van der Waals surface area contributed by atoms with Crippen molar-refractivity contribution < 1.29 is 17.9 Å². The fourth-order valence-corrected chi connectivity index (χ4v) is 2.44. The van der Waals surface area contributed by atoms with Gasteiger partial charge in [-0.3, -0.25) is 4.79 Å². The molecule has 0 amide bonds. The highest BCUT2D eigenvalue weighted by molar-refractivity contribution is 5.50. The Bertz CT molecular complexity index is 693. The molecule has 1 aliphatic rings. The average molecular weight is 311 g/mol. The van der Waals surface area contributed by atoms with E-state index in [0.717, 1.165) is 26.1 Å². The largest absolute Gasteiger partial charge is 0.415 e. The number of rotatable bonds is 4. The van der Waals surface area contributed by atoms with Crippen LogP contribution >= 0.6 is 0 Å². The van der Waals surface area contributed by atoms with Crippen molar-refractivity contribution in [2.75, 3.05) is 13.2 Å². The first kappa shape index (κ1) is 14.8. The van der Waals surface area contributed by atoms with E-state index >= 15 is 0 Å². The Hall–Kier alpha value is -2.09. The lowest BCUT2D eigenvalue weighted by Crippen LogP contribution is -2.26. The summed E-state index contributed by atoms with van der Waals surface area (Å²) in [5.41, 5.74) is 0.119. The predicted octanol–water partition coefficient (Wildman–Crippen LogP) is 2.26. The SMILES string of the molecule is O=c1cc(-c2nnc(C(F)F)o2)ccn1CC1CCOCC1. The molecule has 6 nitrogen and oxygen atoms in total. The summed E-state index contributed by atoms with van der Waals surface area (Å²) < 4.78 is 36.6. The van der Waals surface area contributed by atoms with Crippen molar-refractivity contribution in [2.24, 2.45) is 5.92 Å². The highest BCUT2D eigenvalue weighted by atomic mass is 19.3. The summed E-state index contributed by atoms with van der Waals surface area (Å²) in [4.78, 5) is 12.1. The van der Waals surface area contributed by atoms with Crippen LogP contribution in [0, 0.1) is 5.92 Å². The number of nitrogens with zero attached hydrogens (tertiary/aromatic N) is 3. The molecule has 2 aromatic heterocycles. The summed E-state index contributed by atoms with van der Waals surface area (Å²) in [7, 11) is 0. The smallest absolute Gasteiger partial charge is 0.314 e. The van der Waals surface area contributed by atoms with E-state index in [1.54, 1.807) is 16.8 Å². The Labute approximate surface area is 124 Å². The molecular formula is C14H15F2N3O3. The van der Waals surface area contributed by atoms with Crippen LogP contribution < -0.4 is 5.56 Å². The minimum atomic E-state index is -2.82. The van der Waals surface area contributed by atoms with Gasteiger partial charge in [0.05, 0.1) is 0 Å². The molecule has 0 bridgehead atoms. The van der Waals surface area contributed by atoms with Crippen LogP contribution in [0.4, 0.5) is 8.78 Å². The van der Waals surface area contributed by atoms with Gasteiger partial charge in [-0.15, -0.1) is 10.2 Å². The first-order valence-corrected chi connectivity index (χ1v) is 7.03. The van der Waals surface area contributed by atoms with Crippen LogP contribution in [-0.2, 0) is 11.3 Å². The molecular weight excluding hydrogens is 296 g/mol. The molecule has 1 saturated heterocycles. The normalized spacial score (nSPS) is 16.3. The van der Waals surface area contributed by atoms with Gasteiger partial charge >= 0.3 is 6.43 Å². The van der Waals surface area contributed by atoms with Gasteiger partial charge < -0.3 is 13.7 Å². The first-order chi connectivity index (χ1) is 10.6. The second-order valence-electron chi connectivity index (χ2n) is 5.21. The van der Waals surface area contributed by atoms with Gasteiger partial charge in [-0.25, -0.2) is 0 Å². The Kier molecular flexibility index (Phi) is 4.28. The number of hydrogen-bond acceptors (Lipinski definition) is 5. The molecule has 0 aliphatic carbocycles. The highest BCUT2D eigenvalue weighted by Crippen LogP contribution is 2.22.